The van der Waals surface area contributed by atoms with Gasteiger partial charge in [-0.25, -0.2) is 4.98 Å². The summed E-state index contributed by atoms with van der Waals surface area (Å²) < 4.78 is 0. The first-order chi connectivity index (χ1) is 13.7. The molecule has 0 unspecified atom stereocenters. The summed E-state index contributed by atoms with van der Waals surface area (Å²) in [6, 6.07) is 16.6. The van der Waals surface area contributed by atoms with Crippen LogP contribution in [0.15, 0.2) is 54.7 Å². The van der Waals surface area contributed by atoms with Gasteiger partial charge in [-0.15, -0.1) is 0 Å². The van der Waals surface area contributed by atoms with Crippen molar-refractivity contribution in [1.82, 2.24) is 9.97 Å². The van der Waals surface area contributed by atoms with Crippen molar-refractivity contribution in [2.45, 2.75) is 33.1 Å². The van der Waals surface area contributed by atoms with Crippen LogP contribution in [0.3, 0.4) is 0 Å². The van der Waals surface area contributed by atoms with Gasteiger partial charge in [0.25, 0.3) is 0 Å². The molecule has 3 aromatic rings. The SMILES string of the molecule is Cc1cccc(Nc2ccnc(Nc3ccc(N4CCCCC4)cc3)n2)c1C. The Morgan fingerprint density at radius 1 is 0.857 bits per heavy atom. The van der Waals surface area contributed by atoms with E-state index in [0.29, 0.717) is 5.95 Å². The molecule has 28 heavy (non-hydrogen) atoms. The van der Waals surface area contributed by atoms with Crippen LogP contribution in [0.2, 0.25) is 0 Å². The Labute approximate surface area is 166 Å². The number of anilines is 5. The molecule has 0 amide bonds. The van der Waals surface area contributed by atoms with E-state index < -0.39 is 0 Å². The molecule has 0 saturated carbocycles. The molecule has 0 atom stereocenters. The lowest BCUT2D eigenvalue weighted by Gasteiger charge is -2.28. The number of aryl methyl sites for hydroxylation is 1. The zero-order chi connectivity index (χ0) is 19.3. The van der Waals surface area contributed by atoms with E-state index in [1.165, 1.54) is 36.1 Å². The lowest BCUT2D eigenvalue weighted by molar-refractivity contribution is 0.578. The Bertz CT molecular complexity index is 930. The molecule has 1 aliphatic rings. The molecule has 1 saturated heterocycles. The first-order valence-corrected chi connectivity index (χ1v) is 9.97. The standard InChI is InChI=1S/C23H27N5/c1-17-7-6-8-21(18(17)2)26-22-13-14-24-23(27-22)25-19-9-11-20(12-10-19)28-15-4-3-5-16-28/h6-14H,3-5,15-16H2,1-2H3,(H2,24,25,26,27). The quantitative estimate of drug-likeness (QED) is 0.612. The maximum atomic E-state index is 4.60. The third-order valence-electron chi connectivity index (χ3n) is 5.37. The Hall–Kier alpha value is -3.08. The summed E-state index contributed by atoms with van der Waals surface area (Å²) in [4.78, 5) is 11.4. The molecule has 2 aromatic carbocycles. The van der Waals surface area contributed by atoms with Crippen molar-refractivity contribution in [1.29, 1.82) is 0 Å². The van der Waals surface area contributed by atoms with E-state index in [9.17, 15) is 0 Å². The first-order valence-electron chi connectivity index (χ1n) is 9.97. The van der Waals surface area contributed by atoms with Crippen molar-refractivity contribution in [2.24, 2.45) is 0 Å². The summed E-state index contributed by atoms with van der Waals surface area (Å²) >= 11 is 0. The van der Waals surface area contributed by atoms with Crippen molar-refractivity contribution in [3.05, 3.63) is 65.9 Å². The van der Waals surface area contributed by atoms with Crippen LogP contribution in [0.5, 0.6) is 0 Å². The maximum absolute atomic E-state index is 4.60. The van der Waals surface area contributed by atoms with Gasteiger partial charge in [0.05, 0.1) is 0 Å². The van der Waals surface area contributed by atoms with Crippen LogP contribution in [0.4, 0.5) is 28.8 Å². The zero-order valence-electron chi connectivity index (χ0n) is 16.6. The zero-order valence-corrected chi connectivity index (χ0v) is 16.6. The van der Waals surface area contributed by atoms with Crippen molar-refractivity contribution < 1.29 is 0 Å². The minimum Gasteiger partial charge on any atom is -0.372 e. The number of rotatable bonds is 5. The van der Waals surface area contributed by atoms with E-state index in [0.717, 1.165) is 30.3 Å². The van der Waals surface area contributed by atoms with E-state index in [4.69, 9.17) is 0 Å². The lowest BCUT2D eigenvalue weighted by atomic mass is 10.1. The first kappa shape index (κ1) is 18.3. The highest BCUT2D eigenvalue weighted by Crippen LogP contribution is 2.24. The average molecular weight is 374 g/mol. The average Bonchev–Trinajstić information content (AvgIpc) is 2.73. The summed E-state index contributed by atoms with van der Waals surface area (Å²) in [6.07, 6.45) is 5.69. The maximum Gasteiger partial charge on any atom is 0.229 e. The van der Waals surface area contributed by atoms with E-state index in [1.807, 2.05) is 6.07 Å². The lowest BCUT2D eigenvalue weighted by Crippen LogP contribution is -2.29. The van der Waals surface area contributed by atoms with Crippen LogP contribution in [0, 0.1) is 13.8 Å². The topological polar surface area (TPSA) is 53.1 Å². The summed E-state index contributed by atoms with van der Waals surface area (Å²) in [7, 11) is 0. The molecule has 5 heteroatoms. The Morgan fingerprint density at radius 3 is 2.43 bits per heavy atom. The minimum atomic E-state index is 0.584. The van der Waals surface area contributed by atoms with E-state index in [-0.39, 0.29) is 0 Å². The predicted octanol–water partition coefficient (Wildman–Crippen LogP) is 5.57. The van der Waals surface area contributed by atoms with Gasteiger partial charge >= 0.3 is 0 Å². The van der Waals surface area contributed by atoms with Gasteiger partial charge in [-0.3, -0.25) is 0 Å². The third kappa shape index (κ3) is 4.25. The second-order valence-corrected chi connectivity index (χ2v) is 7.36. The van der Waals surface area contributed by atoms with Crippen molar-refractivity contribution in [3.63, 3.8) is 0 Å². The molecule has 0 radical (unpaired) electrons. The van der Waals surface area contributed by atoms with Crippen molar-refractivity contribution in [3.8, 4) is 0 Å². The van der Waals surface area contributed by atoms with Gasteiger partial charge in [0.1, 0.15) is 5.82 Å². The Kier molecular flexibility index (Phi) is 5.42. The highest BCUT2D eigenvalue weighted by Gasteiger charge is 2.10. The molecule has 0 aliphatic carbocycles. The molecule has 1 aromatic heterocycles. The Morgan fingerprint density at radius 2 is 1.64 bits per heavy atom. The molecule has 0 spiro atoms. The van der Waals surface area contributed by atoms with E-state index >= 15 is 0 Å². The fourth-order valence-corrected chi connectivity index (χ4v) is 3.55. The van der Waals surface area contributed by atoms with E-state index in [2.05, 4.69) is 81.8 Å². The fraction of sp³-hybridized carbons (Fsp3) is 0.304. The van der Waals surface area contributed by atoms with Gasteiger partial charge in [-0.05, 0) is 80.6 Å². The molecule has 2 heterocycles. The Balaban J connectivity index is 1.45. The second-order valence-electron chi connectivity index (χ2n) is 7.36. The number of benzene rings is 2. The van der Waals surface area contributed by atoms with Crippen LogP contribution < -0.4 is 15.5 Å². The summed E-state index contributed by atoms with van der Waals surface area (Å²) in [5.74, 6) is 1.36. The molecule has 1 fully saturated rings. The van der Waals surface area contributed by atoms with Gasteiger partial charge < -0.3 is 15.5 Å². The number of hydrogen-bond acceptors (Lipinski definition) is 5. The second kappa shape index (κ2) is 8.30. The molecule has 0 bridgehead atoms. The number of nitrogens with zero attached hydrogens (tertiary/aromatic N) is 3. The summed E-state index contributed by atoms with van der Waals surface area (Å²) in [5, 5.41) is 6.70. The van der Waals surface area contributed by atoms with Crippen LogP contribution in [-0.4, -0.2) is 23.1 Å². The third-order valence-corrected chi connectivity index (χ3v) is 5.37. The number of nitrogens with one attached hydrogen (secondary N) is 2. The van der Waals surface area contributed by atoms with Crippen molar-refractivity contribution >= 4 is 28.8 Å². The van der Waals surface area contributed by atoms with Crippen LogP contribution >= 0.6 is 0 Å². The molecular formula is C23H27N5. The predicted molar refractivity (Wildman–Crippen MR) is 117 cm³/mol. The molecule has 2 N–H and O–H groups in total. The molecule has 1 aliphatic heterocycles. The molecular weight excluding hydrogens is 346 g/mol. The molecule has 5 nitrogen and oxygen atoms in total. The molecule has 144 valence electrons. The minimum absolute atomic E-state index is 0.584. The van der Waals surface area contributed by atoms with Gasteiger partial charge in [-0.1, -0.05) is 12.1 Å². The largest absolute Gasteiger partial charge is 0.372 e. The number of hydrogen-bond donors (Lipinski definition) is 2. The highest BCUT2D eigenvalue weighted by molar-refractivity contribution is 5.64. The molecule has 4 rings (SSSR count). The van der Waals surface area contributed by atoms with Gasteiger partial charge in [0, 0.05) is 36.3 Å². The highest BCUT2D eigenvalue weighted by atomic mass is 15.1. The number of aromatic nitrogens is 2. The van der Waals surface area contributed by atoms with E-state index in [1.54, 1.807) is 6.20 Å². The van der Waals surface area contributed by atoms with Gasteiger partial charge in [0.15, 0.2) is 0 Å². The van der Waals surface area contributed by atoms with Crippen LogP contribution in [-0.2, 0) is 0 Å². The normalized spacial score (nSPS) is 14.0. The monoisotopic (exact) mass is 373 g/mol. The van der Waals surface area contributed by atoms with Crippen molar-refractivity contribution in [2.75, 3.05) is 28.6 Å². The summed E-state index contributed by atoms with van der Waals surface area (Å²) in [6.45, 7) is 6.53. The van der Waals surface area contributed by atoms with Crippen LogP contribution in [0.25, 0.3) is 0 Å². The fourth-order valence-electron chi connectivity index (χ4n) is 3.55. The van der Waals surface area contributed by atoms with Crippen LogP contribution in [0.1, 0.15) is 30.4 Å². The smallest absolute Gasteiger partial charge is 0.229 e. The number of piperidine rings is 1. The summed E-state index contributed by atoms with van der Waals surface area (Å²) in [5.41, 5.74) is 5.83. The van der Waals surface area contributed by atoms with Gasteiger partial charge in [0.2, 0.25) is 5.95 Å². The van der Waals surface area contributed by atoms with Gasteiger partial charge in [-0.2, -0.15) is 4.98 Å².